The van der Waals surface area contributed by atoms with E-state index >= 15 is 0 Å². The molecule has 3 aromatic rings. The van der Waals surface area contributed by atoms with Crippen LogP contribution in [-0.4, -0.2) is 42.9 Å². The van der Waals surface area contributed by atoms with Crippen molar-refractivity contribution in [3.05, 3.63) is 54.2 Å². The van der Waals surface area contributed by atoms with Gasteiger partial charge in [-0.2, -0.15) is 0 Å². The van der Waals surface area contributed by atoms with Crippen LogP contribution in [0.2, 0.25) is 0 Å². The van der Waals surface area contributed by atoms with Gasteiger partial charge in [-0.15, -0.1) is 0 Å². The zero-order valence-electron chi connectivity index (χ0n) is 17.3. The Hall–Kier alpha value is -2.99. The molecule has 4 rings (SSSR count). The third-order valence-corrected chi connectivity index (χ3v) is 5.34. The molecule has 0 amide bonds. The quantitative estimate of drug-likeness (QED) is 0.669. The number of esters is 1. The smallest absolute Gasteiger partial charge is 0.340 e. The Bertz CT molecular complexity index is 1020. The van der Waals surface area contributed by atoms with Crippen molar-refractivity contribution in [1.29, 1.82) is 0 Å². The average molecular weight is 393 g/mol. The Morgan fingerprint density at radius 2 is 1.72 bits per heavy atom. The molecule has 0 bridgehead atoms. The minimum absolute atomic E-state index is 0.239. The van der Waals surface area contributed by atoms with Crippen molar-refractivity contribution in [3.8, 4) is 0 Å². The fourth-order valence-electron chi connectivity index (χ4n) is 4.05. The van der Waals surface area contributed by atoms with Gasteiger partial charge < -0.3 is 24.3 Å². The van der Waals surface area contributed by atoms with Crippen LogP contribution >= 0.6 is 0 Å². The van der Waals surface area contributed by atoms with Crippen molar-refractivity contribution in [1.82, 2.24) is 4.57 Å². The summed E-state index contributed by atoms with van der Waals surface area (Å²) in [6.07, 6.45) is 2.28. The fourth-order valence-corrected chi connectivity index (χ4v) is 4.05. The standard InChI is InChI=1S/C23H27N3O3/c1-15-12-26(13-16(2)29-15)19-8-5-17(6-9-19)24-18-7-10-20-21(23(27)28-4)14-25(3)22(20)11-18/h5-11,14-16,24H,12-13H2,1-4H3. The first-order valence-corrected chi connectivity index (χ1v) is 9.89. The fraction of sp³-hybridized carbons (Fsp3) is 0.348. The number of carbonyl (C=O) groups excluding carboxylic acids is 1. The molecule has 2 heterocycles. The van der Waals surface area contributed by atoms with E-state index in [1.54, 1.807) is 6.20 Å². The number of hydrogen-bond donors (Lipinski definition) is 1. The van der Waals surface area contributed by atoms with Gasteiger partial charge in [-0.3, -0.25) is 0 Å². The Labute approximate surface area is 171 Å². The van der Waals surface area contributed by atoms with E-state index in [2.05, 4.69) is 48.3 Å². The lowest BCUT2D eigenvalue weighted by atomic mass is 10.1. The average Bonchev–Trinajstić information content (AvgIpc) is 3.03. The summed E-state index contributed by atoms with van der Waals surface area (Å²) >= 11 is 0. The summed E-state index contributed by atoms with van der Waals surface area (Å²) in [7, 11) is 3.33. The predicted octanol–water partition coefficient (Wildman–Crippen LogP) is 4.32. The second-order valence-corrected chi connectivity index (χ2v) is 7.71. The van der Waals surface area contributed by atoms with Crippen LogP contribution in [0.25, 0.3) is 10.9 Å². The lowest BCUT2D eigenvalue weighted by Gasteiger charge is -2.36. The van der Waals surface area contributed by atoms with Crippen molar-refractivity contribution >= 4 is 33.9 Å². The summed E-state index contributed by atoms with van der Waals surface area (Å²) in [5, 5.41) is 4.34. The van der Waals surface area contributed by atoms with Gasteiger partial charge in [-0.05, 0) is 56.3 Å². The van der Waals surface area contributed by atoms with Gasteiger partial charge in [-0.25, -0.2) is 4.79 Å². The summed E-state index contributed by atoms with van der Waals surface area (Å²) < 4.78 is 12.6. The second kappa shape index (κ2) is 7.79. The maximum absolute atomic E-state index is 12.0. The number of nitrogens with zero attached hydrogens (tertiary/aromatic N) is 2. The minimum atomic E-state index is -0.321. The molecule has 6 nitrogen and oxygen atoms in total. The highest BCUT2D eigenvalue weighted by atomic mass is 16.5. The molecule has 0 aliphatic carbocycles. The van der Waals surface area contributed by atoms with Crippen LogP contribution in [0.3, 0.4) is 0 Å². The van der Waals surface area contributed by atoms with Gasteiger partial charge >= 0.3 is 5.97 Å². The summed E-state index contributed by atoms with van der Waals surface area (Å²) in [4.78, 5) is 14.3. The molecule has 0 saturated carbocycles. The van der Waals surface area contributed by atoms with Crippen LogP contribution in [0.1, 0.15) is 24.2 Å². The zero-order chi connectivity index (χ0) is 20.5. The number of ether oxygens (including phenoxy) is 2. The Balaban J connectivity index is 1.52. The minimum Gasteiger partial charge on any atom is -0.465 e. The third kappa shape index (κ3) is 3.93. The van der Waals surface area contributed by atoms with Gasteiger partial charge in [0.1, 0.15) is 0 Å². The van der Waals surface area contributed by atoms with Crippen LogP contribution in [0.5, 0.6) is 0 Å². The third-order valence-electron chi connectivity index (χ3n) is 5.34. The highest BCUT2D eigenvalue weighted by Gasteiger charge is 2.22. The van der Waals surface area contributed by atoms with E-state index in [0.717, 1.165) is 35.4 Å². The topological polar surface area (TPSA) is 55.7 Å². The van der Waals surface area contributed by atoms with Gasteiger partial charge in [-0.1, -0.05) is 0 Å². The molecule has 29 heavy (non-hydrogen) atoms. The van der Waals surface area contributed by atoms with E-state index in [4.69, 9.17) is 9.47 Å². The molecule has 2 unspecified atom stereocenters. The van der Waals surface area contributed by atoms with E-state index in [1.165, 1.54) is 12.8 Å². The number of hydrogen-bond acceptors (Lipinski definition) is 5. The number of fused-ring (bicyclic) bond motifs is 1. The summed E-state index contributed by atoms with van der Waals surface area (Å²) in [5.74, 6) is -0.321. The number of carbonyl (C=O) groups is 1. The van der Waals surface area contributed by atoms with E-state index < -0.39 is 0 Å². The van der Waals surface area contributed by atoms with Crippen LogP contribution in [0.4, 0.5) is 17.1 Å². The molecule has 1 fully saturated rings. The summed E-state index contributed by atoms with van der Waals surface area (Å²) in [5.41, 5.74) is 4.75. The van der Waals surface area contributed by atoms with Crippen LogP contribution in [0, 0.1) is 0 Å². The number of methoxy groups -OCH3 is 1. The second-order valence-electron chi connectivity index (χ2n) is 7.71. The van der Waals surface area contributed by atoms with Crippen molar-refractivity contribution in [3.63, 3.8) is 0 Å². The SMILES string of the molecule is COC(=O)c1cn(C)c2cc(Nc3ccc(N4CC(C)OC(C)C4)cc3)ccc12. The normalized spacial score (nSPS) is 19.4. The van der Waals surface area contributed by atoms with Gasteiger partial charge in [0.15, 0.2) is 0 Å². The number of benzene rings is 2. The predicted molar refractivity (Wildman–Crippen MR) is 116 cm³/mol. The maximum Gasteiger partial charge on any atom is 0.340 e. The van der Waals surface area contributed by atoms with Crippen LogP contribution in [-0.2, 0) is 16.5 Å². The molecule has 152 valence electrons. The van der Waals surface area contributed by atoms with Crippen molar-refractivity contribution < 1.29 is 14.3 Å². The maximum atomic E-state index is 12.0. The first kappa shape index (κ1) is 19.3. The number of rotatable bonds is 4. The number of nitrogens with one attached hydrogen (secondary N) is 1. The monoisotopic (exact) mass is 393 g/mol. The van der Waals surface area contributed by atoms with Crippen LogP contribution in [0.15, 0.2) is 48.7 Å². The Morgan fingerprint density at radius 3 is 2.38 bits per heavy atom. The van der Waals surface area contributed by atoms with Crippen molar-refractivity contribution in [2.45, 2.75) is 26.1 Å². The molecule has 1 saturated heterocycles. The Kier molecular flexibility index (Phi) is 5.20. The zero-order valence-corrected chi connectivity index (χ0v) is 17.3. The molecule has 1 aliphatic rings. The largest absolute Gasteiger partial charge is 0.465 e. The van der Waals surface area contributed by atoms with E-state index in [9.17, 15) is 4.79 Å². The number of anilines is 3. The molecule has 1 N–H and O–H groups in total. The molecule has 0 radical (unpaired) electrons. The number of aromatic nitrogens is 1. The summed E-state index contributed by atoms with van der Waals surface area (Å²) in [6.45, 7) is 6.04. The Morgan fingerprint density at radius 1 is 1.07 bits per heavy atom. The van der Waals surface area contributed by atoms with E-state index in [0.29, 0.717) is 5.56 Å². The number of aryl methyl sites for hydroxylation is 1. The van der Waals surface area contributed by atoms with Gasteiger partial charge in [0.25, 0.3) is 0 Å². The number of morpholine rings is 1. The molecular formula is C23H27N3O3. The van der Waals surface area contributed by atoms with Gasteiger partial charge in [0.2, 0.25) is 0 Å². The highest BCUT2D eigenvalue weighted by molar-refractivity contribution is 6.05. The molecular weight excluding hydrogens is 366 g/mol. The first-order chi connectivity index (χ1) is 13.9. The van der Waals surface area contributed by atoms with Crippen molar-refractivity contribution in [2.24, 2.45) is 7.05 Å². The first-order valence-electron chi connectivity index (χ1n) is 9.89. The molecule has 1 aromatic heterocycles. The van der Waals surface area contributed by atoms with Gasteiger partial charge in [0.05, 0.1) is 30.4 Å². The molecule has 6 heteroatoms. The lowest BCUT2D eigenvalue weighted by Crippen LogP contribution is -2.45. The van der Waals surface area contributed by atoms with Gasteiger partial charge in [0, 0.05) is 48.8 Å². The molecule has 2 atom stereocenters. The van der Waals surface area contributed by atoms with Crippen LogP contribution < -0.4 is 10.2 Å². The van der Waals surface area contributed by atoms with Crippen molar-refractivity contribution in [2.75, 3.05) is 30.4 Å². The lowest BCUT2D eigenvalue weighted by molar-refractivity contribution is -0.00521. The molecule has 2 aromatic carbocycles. The highest BCUT2D eigenvalue weighted by Crippen LogP contribution is 2.28. The molecule has 0 spiro atoms. The summed E-state index contributed by atoms with van der Waals surface area (Å²) in [6, 6.07) is 14.4. The van der Waals surface area contributed by atoms with E-state index in [1.807, 2.05) is 29.8 Å². The molecule has 1 aliphatic heterocycles. The van der Waals surface area contributed by atoms with E-state index in [-0.39, 0.29) is 18.2 Å².